The number of nitrogens with zero attached hydrogens (tertiary/aromatic N) is 2. The van der Waals surface area contributed by atoms with Gasteiger partial charge in [0, 0.05) is 16.9 Å². The monoisotopic (exact) mass is 401 g/mol. The van der Waals surface area contributed by atoms with Gasteiger partial charge < -0.3 is 14.5 Å². The van der Waals surface area contributed by atoms with Gasteiger partial charge in [-0.25, -0.2) is 9.78 Å². The van der Waals surface area contributed by atoms with Gasteiger partial charge in [0.1, 0.15) is 5.65 Å². The SMILES string of the molecule is Cc1ccc(NC(=O)COC(=O)c2cn3ccc(C)cc3n2)c(Br)c1. The molecule has 0 atom stereocenters. The molecule has 0 unspecified atom stereocenters. The molecule has 0 radical (unpaired) electrons. The second kappa shape index (κ2) is 7.06. The van der Waals surface area contributed by atoms with Crippen LogP contribution in [0.2, 0.25) is 0 Å². The van der Waals surface area contributed by atoms with Crippen LogP contribution in [0.15, 0.2) is 47.2 Å². The first-order chi connectivity index (χ1) is 11.9. The summed E-state index contributed by atoms with van der Waals surface area (Å²) in [7, 11) is 0. The molecule has 1 aromatic carbocycles. The number of carbonyl (C=O) groups excluding carboxylic acids is 2. The number of aryl methyl sites for hydroxylation is 2. The van der Waals surface area contributed by atoms with E-state index in [4.69, 9.17) is 4.74 Å². The summed E-state index contributed by atoms with van der Waals surface area (Å²) in [6.45, 7) is 3.51. The van der Waals surface area contributed by atoms with Crippen molar-refractivity contribution in [3.05, 3.63) is 64.0 Å². The van der Waals surface area contributed by atoms with Crippen LogP contribution < -0.4 is 5.32 Å². The summed E-state index contributed by atoms with van der Waals surface area (Å²) in [6.07, 6.45) is 3.39. The highest BCUT2D eigenvalue weighted by Gasteiger charge is 2.15. The zero-order valence-electron chi connectivity index (χ0n) is 13.7. The summed E-state index contributed by atoms with van der Waals surface area (Å²) in [5.41, 5.74) is 3.55. The summed E-state index contributed by atoms with van der Waals surface area (Å²) in [4.78, 5) is 28.3. The molecule has 25 heavy (non-hydrogen) atoms. The highest BCUT2D eigenvalue weighted by atomic mass is 79.9. The molecule has 0 aliphatic heterocycles. The van der Waals surface area contributed by atoms with Gasteiger partial charge in [-0.2, -0.15) is 0 Å². The zero-order chi connectivity index (χ0) is 18.0. The molecule has 0 bridgehead atoms. The Hall–Kier alpha value is -2.67. The average molecular weight is 402 g/mol. The fourth-order valence-electron chi connectivity index (χ4n) is 2.29. The smallest absolute Gasteiger partial charge is 0.359 e. The van der Waals surface area contributed by atoms with E-state index in [2.05, 4.69) is 26.2 Å². The van der Waals surface area contributed by atoms with E-state index >= 15 is 0 Å². The normalized spacial score (nSPS) is 10.7. The van der Waals surface area contributed by atoms with Gasteiger partial charge >= 0.3 is 5.97 Å². The van der Waals surface area contributed by atoms with Crippen molar-refractivity contribution in [2.45, 2.75) is 13.8 Å². The maximum atomic E-state index is 12.1. The van der Waals surface area contributed by atoms with Crippen molar-refractivity contribution in [1.82, 2.24) is 9.38 Å². The Bertz CT molecular complexity index is 965. The first kappa shape index (κ1) is 17.2. The minimum Gasteiger partial charge on any atom is -0.451 e. The highest BCUT2D eigenvalue weighted by Crippen LogP contribution is 2.23. The third-order valence-electron chi connectivity index (χ3n) is 3.56. The Morgan fingerprint density at radius 2 is 1.96 bits per heavy atom. The van der Waals surface area contributed by atoms with Crippen molar-refractivity contribution in [2.75, 3.05) is 11.9 Å². The van der Waals surface area contributed by atoms with Crippen LogP contribution in [0, 0.1) is 13.8 Å². The molecule has 2 aromatic heterocycles. The summed E-state index contributed by atoms with van der Waals surface area (Å²) in [6, 6.07) is 9.32. The fraction of sp³-hybridized carbons (Fsp3) is 0.167. The van der Waals surface area contributed by atoms with Crippen LogP contribution >= 0.6 is 15.9 Å². The predicted molar refractivity (Wildman–Crippen MR) is 97.7 cm³/mol. The zero-order valence-corrected chi connectivity index (χ0v) is 15.3. The first-order valence-corrected chi connectivity index (χ1v) is 8.40. The van der Waals surface area contributed by atoms with E-state index in [0.717, 1.165) is 15.6 Å². The number of ether oxygens (including phenoxy) is 1. The Labute approximate surface area is 153 Å². The Morgan fingerprint density at radius 3 is 2.72 bits per heavy atom. The number of fused-ring (bicyclic) bond motifs is 1. The number of benzene rings is 1. The number of imidazole rings is 1. The van der Waals surface area contributed by atoms with Gasteiger partial charge in [0.25, 0.3) is 5.91 Å². The maximum absolute atomic E-state index is 12.1. The molecule has 128 valence electrons. The molecule has 6 nitrogen and oxygen atoms in total. The van der Waals surface area contributed by atoms with Crippen LogP contribution in [-0.4, -0.2) is 27.9 Å². The van der Waals surface area contributed by atoms with Crippen LogP contribution in [0.3, 0.4) is 0 Å². The Balaban J connectivity index is 1.61. The summed E-state index contributed by atoms with van der Waals surface area (Å²) < 4.78 is 7.54. The number of amides is 1. The topological polar surface area (TPSA) is 72.7 Å². The van der Waals surface area contributed by atoms with Gasteiger partial charge in [0.05, 0.1) is 5.69 Å². The van der Waals surface area contributed by atoms with Crippen LogP contribution in [-0.2, 0) is 9.53 Å². The molecule has 1 N–H and O–H groups in total. The van der Waals surface area contributed by atoms with E-state index in [0.29, 0.717) is 11.3 Å². The molecule has 7 heteroatoms. The number of hydrogen-bond acceptors (Lipinski definition) is 4. The number of esters is 1. The molecule has 0 aliphatic carbocycles. The summed E-state index contributed by atoms with van der Waals surface area (Å²) in [5.74, 6) is -1.06. The summed E-state index contributed by atoms with van der Waals surface area (Å²) in [5, 5.41) is 2.69. The number of nitrogens with one attached hydrogen (secondary N) is 1. The van der Waals surface area contributed by atoms with Crippen LogP contribution in [0.1, 0.15) is 21.6 Å². The van der Waals surface area contributed by atoms with Crippen molar-refractivity contribution in [3.8, 4) is 0 Å². The average Bonchev–Trinajstić information content (AvgIpc) is 2.98. The van der Waals surface area contributed by atoms with Gasteiger partial charge in [0.2, 0.25) is 0 Å². The first-order valence-electron chi connectivity index (χ1n) is 7.61. The van der Waals surface area contributed by atoms with Crippen molar-refractivity contribution >= 4 is 39.1 Å². The van der Waals surface area contributed by atoms with Gasteiger partial charge in [-0.3, -0.25) is 4.79 Å². The van der Waals surface area contributed by atoms with Gasteiger partial charge in [-0.15, -0.1) is 0 Å². The minimum atomic E-state index is -0.639. The van der Waals surface area contributed by atoms with Gasteiger partial charge in [-0.05, 0) is 65.2 Å². The molecule has 3 rings (SSSR count). The third kappa shape index (κ3) is 4.06. The maximum Gasteiger partial charge on any atom is 0.359 e. The highest BCUT2D eigenvalue weighted by molar-refractivity contribution is 9.10. The quantitative estimate of drug-likeness (QED) is 0.678. The van der Waals surface area contributed by atoms with Crippen LogP contribution in [0.25, 0.3) is 5.65 Å². The number of pyridine rings is 1. The molecule has 0 fully saturated rings. The van der Waals surface area contributed by atoms with E-state index in [9.17, 15) is 9.59 Å². The molecular weight excluding hydrogens is 386 g/mol. The summed E-state index contributed by atoms with van der Waals surface area (Å²) >= 11 is 3.38. The number of aromatic nitrogens is 2. The van der Waals surface area contributed by atoms with Gasteiger partial charge in [-0.1, -0.05) is 6.07 Å². The lowest BCUT2D eigenvalue weighted by molar-refractivity contribution is -0.119. The molecule has 2 heterocycles. The molecule has 1 amide bonds. The molecule has 0 spiro atoms. The minimum absolute atomic E-state index is 0.162. The third-order valence-corrected chi connectivity index (χ3v) is 4.21. The molecule has 0 saturated heterocycles. The Kier molecular flexibility index (Phi) is 4.85. The van der Waals surface area contributed by atoms with Gasteiger partial charge in [0.15, 0.2) is 12.3 Å². The number of hydrogen-bond donors (Lipinski definition) is 1. The number of halogens is 1. The van der Waals surface area contributed by atoms with Crippen molar-refractivity contribution in [2.24, 2.45) is 0 Å². The van der Waals surface area contributed by atoms with Crippen molar-refractivity contribution in [3.63, 3.8) is 0 Å². The molecular formula is C18H16BrN3O3. The number of rotatable bonds is 4. The number of anilines is 1. The second-order valence-electron chi connectivity index (χ2n) is 5.70. The van der Waals surface area contributed by atoms with E-state index in [1.807, 2.05) is 44.3 Å². The Morgan fingerprint density at radius 1 is 1.20 bits per heavy atom. The fourth-order valence-corrected chi connectivity index (χ4v) is 2.89. The number of carbonyl (C=O) groups is 2. The molecule has 0 aliphatic rings. The van der Waals surface area contributed by atoms with Crippen LogP contribution in [0.5, 0.6) is 0 Å². The standard InChI is InChI=1S/C18H16BrN3O3/c1-11-3-4-14(13(19)7-11)21-17(23)10-25-18(24)15-9-22-6-5-12(2)8-16(22)20-15/h3-9H,10H2,1-2H3,(H,21,23). The van der Waals surface area contributed by atoms with Crippen molar-refractivity contribution < 1.29 is 14.3 Å². The molecule has 0 saturated carbocycles. The lowest BCUT2D eigenvalue weighted by Gasteiger charge is -2.08. The second-order valence-corrected chi connectivity index (χ2v) is 6.56. The van der Waals surface area contributed by atoms with Crippen LogP contribution in [0.4, 0.5) is 5.69 Å². The van der Waals surface area contributed by atoms with E-state index in [-0.39, 0.29) is 12.3 Å². The van der Waals surface area contributed by atoms with Crippen molar-refractivity contribution in [1.29, 1.82) is 0 Å². The predicted octanol–water partition coefficient (Wildman–Crippen LogP) is 3.51. The van der Waals surface area contributed by atoms with E-state index in [1.165, 1.54) is 0 Å². The largest absolute Gasteiger partial charge is 0.451 e. The lowest BCUT2D eigenvalue weighted by atomic mass is 10.2. The molecule has 3 aromatic rings. The van der Waals surface area contributed by atoms with E-state index in [1.54, 1.807) is 16.7 Å². The lowest BCUT2D eigenvalue weighted by Crippen LogP contribution is -2.21. The van der Waals surface area contributed by atoms with E-state index < -0.39 is 11.9 Å².